The molecule has 0 amide bonds. The molecule has 0 aromatic heterocycles. The predicted octanol–water partition coefficient (Wildman–Crippen LogP) is 2.60. The highest BCUT2D eigenvalue weighted by Crippen LogP contribution is 2.13. The van der Waals surface area contributed by atoms with Gasteiger partial charge in [-0.15, -0.1) is 0 Å². The molecule has 0 rings (SSSR count). The number of nitrogens with two attached hydrogens (primary N) is 1. The van der Waals surface area contributed by atoms with Gasteiger partial charge in [0.2, 0.25) is 0 Å². The van der Waals surface area contributed by atoms with E-state index in [0.29, 0.717) is 5.92 Å². The summed E-state index contributed by atoms with van der Waals surface area (Å²) < 4.78 is 0. The third-order valence-corrected chi connectivity index (χ3v) is 1.72. The van der Waals surface area contributed by atoms with Gasteiger partial charge in [0.1, 0.15) is 0 Å². The van der Waals surface area contributed by atoms with E-state index in [-0.39, 0.29) is 11.5 Å². The molecule has 2 nitrogen and oxygen atoms in total. The highest BCUT2D eigenvalue weighted by Gasteiger charge is 2.11. The molecule has 0 fully saturated rings. The molecule has 0 unspecified atom stereocenters. The Morgan fingerprint density at radius 2 is 1.85 bits per heavy atom. The molecule has 1 atom stereocenters. The summed E-state index contributed by atoms with van der Waals surface area (Å²) in [5.41, 5.74) is 6.74. The van der Waals surface area contributed by atoms with Gasteiger partial charge in [0.05, 0.1) is 0 Å². The second-order valence-electron chi connectivity index (χ2n) is 4.89. The zero-order chi connectivity index (χ0) is 10.6. The van der Waals surface area contributed by atoms with E-state index < -0.39 is 0 Å². The van der Waals surface area contributed by atoms with Gasteiger partial charge >= 0.3 is 0 Å². The van der Waals surface area contributed by atoms with Crippen LogP contribution in [0.15, 0.2) is 17.3 Å². The number of rotatable bonds is 3. The number of aliphatic imine (C=N–C) groups is 1. The maximum Gasteiger partial charge on any atom is 0.0498 e. The van der Waals surface area contributed by atoms with Crippen LogP contribution in [0, 0.1) is 11.3 Å². The van der Waals surface area contributed by atoms with E-state index >= 15 is 0 Å². The molecular weight excluding hydrogens is 160 g/mol. The van der Waals surface area contributed by atoms with Gasteiger partial charge in [-0.3, -0.25) is 4.99 Å². The van der Waals surface area contributed by atoms with Crippen LogP contribution < -0.4 is 5.73 Å². The fourth-order valence-corrected chi connectivity index (χ4v) is 0.747. The van der Waals surface area contributed by atoms with Crippen molar-refractivity contribution >= 4 is 6.21 Å². The zero-order valence-corrected chi connectivity index (χ0v) is 9.46. The quantitative estimate of drug-likeness (QED) is 0.669. The molecule has 0 aliphatic heterocycles. The lowest BCUT2D eigenvalue weighted by Gasteiger charge is -2.16. The van der Waals surface area contributed by atoms with Gasteiger partial charge in [-0.1, -0.05) is 41.2 Å². The van der Waals surface area contributed by atoms with Crippen molar-refractivity contribution in [3.05, 3.63) is 12.3 Å². The third kappa shape index (κ3) is 5.58. The van der Waals surface area contributed by atoms with Crippen LogP contribution in [-0.4, -0.2) is 12.3 Å². The van der Waals surface area contributed by atoms with E-state index in [0.717, 1.165) is 5.70 Å². The van der Waals surface area contributed by atoms with Crippen LogP contribution in [0.4, 0.5) is 0 Å². The van der Waals surface area contributed by atoms with Crippen LogP contribution >= 0.6 is 0 Å². The first-order chi connectivity index (χ1) is 5.74. The Kier molecular flexibility index (Phi) is 4.34. The normalized spacial score (nSPS) is 15.3. The summed E-state index contributed by atoms with van der Waals surface area (Å²) in [5, 5.41) is 0. The second kappa shape index (κ2) is 4.56. The SMILES string of the molecule is C=C(N=CC(C)(C)C)[C@@H](N)C(C)C. The van der Waals surface area contributed by atoms with Crippen LogP contribution in [0.2, 0.25) is 0 Å². The molecule has 0 aromatic carbocycles. The van der Waals surface area contributed by atoms with Gasteiger partial charge in [-0.2, -0.15) is 0 Å². The van der Waals surface area contributed by atoms with Crippen molar-refractivity contribution < 1.29 is 0 Å². The van der Waals surface area contributed by atoms with Crippen molar-refractivity contribution in [3.63, 3.8) is 0 Å². The first-order valence-corrected chi connectivity index (χ1v) is 4.73. The number of hydrogen-bond acceptors (Lipinski definition) is 2. The van der Waals surface area contributed by atoms with Crippen LogP contribution in [-0.2, 0) is 0 Å². The topological polar surface area (TPSA) is 38.4 Å². The average molecular weight is 182 g/mol. The first kappa shape index (κ1) is 12.4. The summed E-state index contributed by atoms with van der Waals surface area (Å²) in [7, 11) is 0. The molecule has 0 heterocycles. The van der Waals surface area contributed by atoms with Crippen molar-refractivity contribution in [2.24, 2.45) is 22.1 Å². The molecule has 0 aliphatic rings. The van der Waals surface area contributed by atoms with Gasteiger partial charge in [-0.25, -0.2) is 0 Å². The van der Waals surface area contributed by atoms with E-state index in [9.17, 15) is 0 Å². The van der Waals surface area contributed by atoms with E-state index in [1.807, 2.05) is 6.21 Å². The summed E-state index contributed by atoms with van der Waals surface area (Å²) >= 11 is 0. The molecule has 13 heavy (non-hydrogen) atoms. The van der Waals surface area contributed by atoms with Gasteiger partial charge in [0.25, 0.3) is 0 Å². The average Bonchev–Trinajstić information content (AvgIpc) is 1.97. The fourth-order valence-electron chi connectivity index (χ4n) is 0.747. The van der Waals surface area contributed by atoms with Gasteiger partial charge < -0.3 is 5.73 Å². The van der Waals surface area contributed by atoms with E-state index in [1.54, 1.807) is 0 Å². The molecule has 0 saturated carbocycles. The minimum absolute atomic E-state index is 0.0291. The lowest BCUT2D eigenvalue weighted by molar-refractivity contribution is 0.543. The molecule has 0 spiro atoms. The molecule has 0 radical (unpaired) electrons. The minimum Gasteiger partial charge on any atom is -0.322 e. The number of hydrogen-bond donors (Lipinski definition) is 1. The maximum atomic E-state index is 5.88. The van der Waals surface area contributed by atoms with Crippen molar-refractivity contribution in [2.45, 2.75) is 40.7 Å². The molecule has 2 N–H and O–H groups in total. The molecule has 0 bridgehead atoms. The molecule has 76 valence electrons. The summed E-state index contributed by atoms with van der Waals surface area (Å²) in [6, 6.07) is -0.0291. The monoisotopic (exact) mass is 182 g/mol. The Labute approximate surface area is 81.9 Å². The Morgan fingerprint density at radius 3 is 2.15 bits per heavy atom. The van der Waals surface area contributed by atoms with Crippen molar-refractivity contribution in [1.29, 1.82) is 0 Å². The molecule has 0 aromatic rings. The molecule has 0 saturated heterocycles. The lowest BCUT2D eigenvalue weighted by Crippen LogP contribution is -2.27. The van der Waals surface area contributed by atoms with Crippen LogP contribution in [0.25, 0.3) is 0 Å². The van der Waals surface area contributed by atoms with Crippen molar-refractivity contribution in [2.75, 3.05) is 0 Å². The highest BCUT2D eigenvalue weighted by atomic mass is 14.8. The van der Waals surface area contributed by atoms with Gasteiger partial charge in [-0.05, 0) is 11.3 Å². The van der Waals surface area contributed by atoms with E-state index in [1.165, 1.54) is 0 Å². The summed E-state index contributed by atoms with van der Waals surface area (Å²) in [6.07, 6.45) is 1.90. The fraction of sp³-hybridized carbons (Fsp3) is 0.727. The van der Waals surface area contributed by atoms with E-state index in [2.05, 4.69) is 46.2 Å². The smallest absolute Gasteiger partial charge is 0.0498 e. The third-order valence-electron chi connectivity index (χ3n) is 1.72. The summed E-state index contributed by atoms with van der Waals surface area (Å²) in [4.78, 5) is 4.27. The molecule has 2 heteroatoms. The van der Waals surface area contributed by atoms with E-state index in [4.69, 9.17) is 5.73 Å². The predicted molar refractivity (Wildman–Crippen MR) is 59.9 cm³/mol. The van der Waals surface area contributed by atoms with Gasteiger partial charge in [0.15, 0.2) is 0 Å². The zero-order valence-electron chi connectivity index (χ0n) is 9.46. The summed E-state index contributed by atoms with van der Waals surface area (Å²) in [6.45, 7) is 14.3. The Hall–Kier alpha value is -0.630. The maximum absolute atomic E-state index is 5.88. The lowest BCUT2D eigenvalue weighted by atomic mass is 9.98. The van der Waals surface area contributed by atoms with Crippen molar-refractivity contribution in [1.82, 2.24) is 0 Å². The molecule has 0 aliphatic carbocycles. The van der Waals surface area contributed by atoms with Gasteiger partial charge in [0, 0.05) is 18.0 Å². The van der Waals surface area contributed by atoms with Crippen LogP contribution in [0.3, 0.4) is 0 Å². The highest BCUT2D eigenvalue weighted by molar-refractivity contribution is 5.65. The summed E-state index contributed by atoms with van der Waals surface area (Å²) in [5.74, 6) is 0.393. The largest absolute Gasteiger partial charge is 0.322 e. The standard InChI is InChI=1S/C11H22N2/c1-8(2)10(12)9(3)13-7-11(4,5)6/h7-8,10H,3,12H2,1-2,4-6H3/t10-/m0/s1. The Bertz CT molecular complexity index is 197. The second-order valence-corrected chi connectivity index (χ2v) is 4.89. The van der Waals surface area contributed by atoms with Crippen molar-refractivity contribution in [3.8, 4) is 0 Å². The minimum atomic E-state index is -0.0291. The van der Waals surface area contributed by atoms with Crippen LogP contribution in [0.5, 0.6) is 0 Å². The Balaban J connectivity index is 4.24. The van der Waals surface area contributed by atoms with Crippen LogP contribution in [0.1, 0.15) is 34.6 Å². The number of nitrogens with zero attached hydrogens (tertiary/aromatic N) is 1. The Morgan fingerprint density at radius 1 is 1.38 bits per heavy atom. The molecular formula is C11H22N2. The first-order valence-electron chi connectivity index (χ1n) is 4.73.